The van der Waals surface area contributed by atoms with E-state index in [-0.39, 0.29) is 5.91 Å². The Labute approximate surface area is 191 Å². The summed E-state index contributed by atoms with van der Waals surface area (Å²) in [5, 5.41) is 4.11. The minimum atomic E-state index is -0.0360. The molecule has 1 aromatic heterocycles. The first kappa shape index (κ1) is 22.4. The van der Waals surface area contributed by atoms with Gasteiger partial charge in [-0.2, -0.15) is 0 Å². The number of hydrogen-bond donors (Lipinski definition) is 1. The first-order chi connectivity index (χ1) is 15.7. The normalized spacial score (nSPS) is 16.5. The molecule has 2 heterocycles. The number of carbonyl (C=O) groups excluding carboxylic acids is 1. The number of ether oxygens (including phenoxy) is 1. The fraction of sp³-hybridized carbons (Fsp3) is 0.444. The van der Waals surface area contributed by atoms with Gasteiger partial charge in [0.05, 0.1) is 12.1 Å². The number of unbranched alkanes of at least 4 members (excludes halogenated alkanes) is 1. The van der Waals surface area contributed by atoms with Crippen LogP contribution >= 0.6 is 0 Å². The van der Waals surface area contributed by atoms with Crippen LogP contribution in [-0.2, 0) is 0 Å². The number of benzene rings is 2. The second-order valence-corrected chi connectivity index (χ2v) is 8.76. The molecule has 170 valence electrons. The van der Waals surface area contributed by atoms with Gasteiger partial charge in [0.25, 0.3) is 5.91 Å². The Balaban J connectivity index is 1.45. The quantitative estimate of drug-likeness (QED) is 0.435. The highest BCUT2D eigenvalue weighted by Gasteiger charge is 2.19. The molecular weight excluding hydrogens is 398 g/mol. The van der Waals surface area contributed by atoms with E-state index in [0.29, 0.717) is 18.3 Å². The molecule has 1 N–H and O–H groups in total. The molecule has 4 rings (SSSR count). The van der Waals surface area contributed by atoms with Crippen molar-refractivity contribution in [2.45, 2.75) is 52.0 Å². The summed E-state index contributed by atoms with van der Waals surface area (Å²) in [5.41, 5.74) is 2.65. The molecule has 5 heteroatoms. The van der Waals surface area contributed by atoms with Gasteiger partial charge >= 0.3 is 0 Å². The van der Waals surface area contributed by atoms with E-state index in [4.69, 9.17) is 4.74 Å². The summed E-state index contributed by atoms with van der Waals surface area (Å²) in [6.45, 7) is 8.18. The summed E-state index contributed by atoms with van der Waals surface area (Å²) in [4.78, 5) is 15.4. The average molecular weight is 434 g/mol. The fourth-order valence-electron chi connectivity index (χ4n) is 4.54. The molecule has 0 spiro atoms. The maximum atomic E-state index is 12.9. The number of nitrogens with one attached hydrogen (secondary N) is 1. The molecule has 0 saturated carbocycles. The monoisotopic (exact) mass is 433 g/mol. The van der Waals surface area contributed by atoms with E-state index in [2.05, 4.69) is 30.1 Å². The van der Waals surface area contributed by atoms with Crippen molar-refractivity contribution in [2.24, 2.45) is 0 Å². The maximum Gasteiger partial charge on any atom is 0.268 e. The zero-order chi connectivity index (χ0) is 22.3. The lowest BCUT2D eigenvalue weighted by Crippen LogP contribution is -2.28. The van der Waals surface area contributed by atoms with Crippen molar-refractivity contribution in [3.05, 3.63) is 60.3 Å². The van der Waals surface area contributed by atoms with Gasteiger partial charge in [-0.25, -0.2) is 0 Å². The van der Waals surface area contributed by atoms with Gasteiger partial charge in [0.15, 0.2) is 0 Å². The number of fused-ring (bicyclic) bond motifs is 1. The third-order valence-electron chi connectivity index (χ3n) is 6.40. The molecule has 1 aliphatic rings. The van der Waals surface area contributed by atoms with E-state index in [1.807, 2.05) is 53.1 Å². The van der Waals surface area contributed by atoms with Crippen LogP contribution in [0.1, 0.15) is 56.4 Å². The Morgan fingerprint density at radius 3 is 2.69 bits per heavy atom. The summed E-state index contributed by atoms with van der Waals surface area (Å²) < 4.78 is 8.03. The van der Waals surface area contributed by atoms with Gasteiger partial charge in [-0.05, 0) is 75.5 Å². The Kier molecular flexibility index (Phi) is 7.48. The smallest absolute Gasteiger partial charge is 0.268 e. The van der Waals surface area contributed by atoms with Crippen molar-refractivity contribution in [3.63, 3.8) is 0 Å². The second-order valence-electron chi connectivity index (χ2n) is 8.76. The fourth-order valence-corrected chi connectivity index (χ4v) is 4.54. The molecule has 1 aliphatic heterocycles. The Hall–Kier alpha value is -2.79. The summed E-state index contributed by atoms with van der Waals surface area (Å²) >= 11 is 0. The summed E-state index contributed by atoms with van der Waals surface area (Å²) in [5.74, 6) is 0.833. The van der Waals surface area contributed by atoms with Crippen molar-refractivity contribution in [1.29, 1.82) is 0 Å². The summed E-state index contributed by atoms with van der Waals surface area (Å²) in [6, 6.07) is 18.9. The lowest BCUT2D eigenvalue weighted by atomic mass is 10.2. The number of para-hydroxylation sites is 1. The van der Waals surface area contributed by atoms with Gasteiger partial charge in [0, 0.05) is 30.2 Å². The number of amides is 1. The highest BCUT2D eigenvalue weighted by molar-refractivity contribution is 6.00. The zero-order valence-corrected chi connectivity index (χ0v) is 19.3. The Morgan fingerprint density at radius 2 is 1.94 bits per heavy atom. The third-order valence-corrected chi connectivity index (χ3v) is 6.40. The van der Waals surface area contributed by atoms with E-state index < -0.39 is 0 Å². The van der Waals surface area contributed by atoms with Crippen molar-refractivity contribution >= 4 is 16.8 Å². The van der Waals surface area contributed by atoms with Crippen LogP contribution in [0.15, 0.2) is 54.6 Å². The molecule has 0 aliphatic carbocycles. The largest absolute Gasteiger partial charge is 0.494 e. The predicted octanol–water partition coefficient (Wildman–Crippen LogP) is 5.41. The minimum absolute atomic E-state index is 0.0360. The van der Waals surface area contributed by atoms with Gasteiger partial charge in [-0.1, -0.05) is 31.5 Å². The van der Waals surface area contributed by atoms with Crippen LogP contribution in [-0.4, -0.2) is 47.7 Å². The molecule has 1 atom stereocenters. The zero-order valence-electron chi connectivity index (χ0n) is 19.3. The van der Waals surface area contributed by atoms with Crippen LogP contribution in [0.4, 0.5) is 0 Å². The Morgan fingerprint density at radius 1 is 1.12 bits per heavy atom. The molecule has 32 heavy (non-hydrogen) atoms. The van der Waals surface area contributed by atoms with Crippen molar-refractivity contribution < 1.29 is 9.53 Å². The van der Waals surface area contributed by atoms with Crippen LogP contribution in [0.3, 0.4) is 0 Å². The first-order valence-electron chi connectivity index (χ1n) is 12.0. The van der Waals surface area contributed by atoms with Crippen LogP contribution < -0.4 is 10.1 Å². The molecule has 1 saturated heterocycles. The highest BCUT2D eigenvalue weighted by atomic mass is 16.5. The number of aromatic nitrogens is 1. The molecule has 5 nitrogen and oxygen atoms in total. The number of rotatable bonds is 10. The van der Waals surface area contributed by atoms with Crippen LogP contribution in [0.5, 0.6) is 5.75 Å². The molecule has 3 aromatic rings. The predicted molar refractivity (Wildman–Crippen MR) is 131 cm³/mol. The maximum absolute atomic E-state index is 12.9. The number of hydrogen-bond acceptors (Lipinski definition) is 3. The standard InChI is InChI=1S/C27H35N3O2/c1-3-4-16-28-27(31)26-20-22-10-5-6-11-25(22)30(26)23-12-14-24(15-13-23)32-19-8-18-29-17-7-9-21(29)2/h5-6,10-15,20-21H,3-4,7-9,16-19H2,1-2H3,(H,28,31)/t21-/m1/s1. The number of nitrogens with zero attached hydrogens (tertiary/aromatic N) is 2. The highest BCUT2D eigenvalue weighted by Crippen LogP contribution is 2.26. The number of carbonyl (C=O) groups is 1. The topological polar surface area (TPSA) is 46.5 Å². The minimum Gasteiger partial charge on any atom is -0.494 e. The van der Waals surface area contributed by atoms with E-state index in [9.17, 15) is 4.79 Å². The van der Waals surface area contributed by atoms with E-state index in [1.165, 1.54) is 19.4 Å². The van der Waals surface area contributed by atoms with E-state index in [0.717, 1.165) is 54.8 Å². The van der Waals surface area contributed by atoms with Gasteiger partial charge in [0.2, 0.25) is 0 Å². The van der Waals surface area contributed by atoms with Gasteiger partial charge in [0.1, 0.15) is 11.4 Å². The molecular formula is C27H35N3O2. The first-order valence-corrected chi connectivity index (χ1v) is 12.0. The molecule has 2 aromatic carbocycles. The van der Waals surface area contributed by atoms with Crippen molar-refractivity contribution in [1.82, 2.24) is 14.8 Å². The molecule has 1 amide bonds. The van der Waals surface area contributed by atoms with Gasteiger partial charge in [-0.3, -0.25) is 4.79 Å². The van der Waals surface area contributed by atoms with Gasteiger partial charge in [-0.15, -0.1) is 0 Å². The molecule has 0 bridgehead atoms. The van der Waals surface area contributed by atoms with Crippen LogP contribution in [0.2, 0.25) is 0 Å². The van der Waals surface area contributed by atoms with Crippen LogP contribution in [0.25, 0.3) is 16.6 Å². The third kappa shape index (κ3) is 5.16. The molecule has 0 unspecified atom stereocenters. The summed E-state index contributed by atoms with van der Waals surface area (Å²) in [6.07, 6.45) is 5.71. The van der Waals surface area contributed by atoms with E-state index >= 15 is 0 Å². The lowest BCUT2D eigenvalue weighted by Gasteiger charge is -2.20. The number of likely N-dealkylation sites (tertiary alicyclic amines) is 1. The summed E-state index contributed by atoms with van der Waals surface area (Å²) in [7, 11) is 0. The van der Waals surface area contributed by atoms with Crippen molar-refractivity contribution in [2.75, 3.05) is 26.2 Å². The van der Waals surface area contributed by atoms with Crippen molar-refractivity contribution in [3.8, 4) is 11.4 Å². The second kappa shape index (κ2) is 10.7. The van der Waals surface area contributed by atoms with Crippen LogP contribution in [0, 0.1) is 0 Å². The van der Waals surface area contributed by atoms with E-state index in [1.54, 1.807) is 0 Å². The van der Waals surface area contributed by atoms with Gasteiger partial charge < -0.3 is 19.5 Å². The lowest BCUT2D eigenvalue weighted by molar-refractivity contribution is 0.0946. The average Bonchev–Trinajstić information content (AvgIpc) is 3.40. The SMILES string of the molecule is CCCCNC(=O)c1cc2ccccc2n1-c1ccc(OCCCN2CCC[C@H]2C)cc1. The Bertz CT molecular complexity index is 1030. The molecule has 0 radical (unpaired) electrons. The molecule has 1 fully saturated rings.